The summed E-state index contributed by atoms with van der Waals surface area (Å²) in [4.78, 5) is 17.7. The monoisotopic (exact) mass is 308 g/mol. The number of carbonyl (C=O) groups is 1. The molecule has 1 atom stereocenters. The smallest absolute Gasteiger partial charge is 0.274 e. The third-order valence-corrected chi connectivity index (χ3v) is 4.19. The maximum Gasteiger partial charge on any atom is 0.274 e. The van der Waals surface area contributed by atoms with Crippen LogP contribution < -0.4 is 0 Å². The number of carbonyl (C=O) groups excluding carboxylic acids is 1. The number of hydrogen-bond donors (Lipinski definition) is 1. The number of halogens is 3. The Morgan fingerprint density at radius 2 is 2.17 bits per heavy atom. The number of aromatic nitrogens is 1. The topological polar surface area (TPSA) is 53.4 Å². The van der Waals surface area contributed by atoms with E-state index < -0.39 is 0 Å². The van der Waals surface area contributed by atoms with Crippen LogP contribution >= 0.6 is 34.8 Å². The van der Waals surface area contributed by atoms with Crippen LogP contribution in [0.2, 0.25) is 15.1 Å². The van der Waals surface area contributed by atoms with Gasteiger partial charge in [-0.05, 0) is 6.42 Å². The fourth-order valence-corrected chi connectivity index (χ4v) is 2.47. The first-order chi connectivity index (χ1) is 8.54. The van der Waals surface area contributed by atoms with Gasteiger partial charge in [0.2, 0.25) is 0 Å². The van der Waals surface area contributed by atoms with Crippen molar-refractivity contribution in [2.75, 3.05) is 19.7 Å². The average molecular weight is 310 g/mol. The minimum atomic E-state index is -0.283. The molecule has 0 spiro atoms. The summed E-state index contributed by atoms with van der Waals surface area (Å²) in [7, 11) is 0. The Balaban J connectivity index is 2.22. The van der Waals surface area contributed by atoms with Gasteiger partial charge in [-0.1, -0.05) is 34.8 Å². The van der Waals surface area contributed by atoms with E-state index in [0.717, 1.165) is 6.42 Å². The van der Waals surface area contributed by atoms with E-state index in [-0.39, 0.29) is 39.2 Å². The van der Waals surface area contributed by atoms with Gasteiger partial charge in [0.05, 0.1) is 15.1 Å². The molecule has 1 N–H and O–H groups in total. The molecule has 18 heavy (non-hydrogen) atoms. The minimum absolute atomic E-state index is 0.0709. The Hall–Kier alpha value is -0.550. The first-order valence-electron chi connectivity index (χ1n) is 5.44. The van der Waals surface area contributed by atoms with Crippen molar-refractivity contribution in [3.8, 4) is 0 Å². The summed E-state index contributed by atoms with van der Waals surface area (Å²) in [6.07, 6.45) is 2.09. The number of aliphatic hydroxyl groups is 1. The highest BCUT2D eigenvalue weighted by molar-refractivity contribution is 6.48. The minimum Gasteiger partial charge on any atom is -0.396 e. The van der Waals surface area contributed by atoms with Crippen LogP contribution in [0.4, 0.5) is 0 Å². The van der Waals surface area contributed by atoms with E-state index in [1.807, 2.05) is 0 Å². The molecular formula is C11H11Cl3N2O2. The van der Waals surface area contributed by atoms with Crippen molar-refractivity contribution in [1.82, 2.24) is 9.88 Å². The van der Waals surface area contributed by atoms with Gasteiger partial charge in [-0.2, -0.15) is 0 Å². The summed E-state index contributed by atoms with van der Waals surface area (Å²) in [5.74, 6) is -0.162. The Morgan fingerprint density at radius 3 is 2.78 bits per heavy atom. The van der Waals surface area contributed by atoms with Crippen LogP contribution in [0.1, 0.15) is 16.9 Å². The molecule has 1 aliphatic heterocycles. The number of nitrogens with zero attached hydrogens (tertiary/aromatic N) is 2. The third-order valence-electron chi connectivity index (χ3n) is 2.95. The van der Waals surface area contributed by atoms with Crippen LogP contribution in [0.15, 0.2) is 6.20 Å². The number of rotatable bonds is 2. The van der Waals surface area contributed by atoms with Gasteiger partial charge in [0.1, 0.15) is 5.69 Å². The van der Waals surface area contributed by atoms with E-state index in [2.05, 4.69) is 4.98 Å². The molecule has 2 heterocycles. The van der Waals surface area contributed by atoms with Crippen molar-refractivity contribution in [3.05, 3.63) is 27.0 Å². The summed E-state index contributed by atoms with van der Waals surface area (Å²) in [5, 5.41) is 9.47. The fourth-order valence-electron chi connectivity index (χ4n) is 1.91. The van der Waals surface area contributed by atoms with E-state index >= 15 is 0 Å². The molecule has 1 amide bonds. The van der Waals surface area contributed by atoms with Crippen molar-refractivity contribution < 1.29 is 9.90 Å². The first-order valence-corrected chi connectivity index (χ1v) is 6.57. The van der Waals surface area contributed by atoms with Crippen molar-refractivity contribution >= 4 is 40.7 Å². The molecule has 0 bridgehead atoms. The van der Waals surface area contributed by atoms with Gasteiger partial charge >= 0.3 is 0 Å². The fraction of sp³-hybridized carbons (Fsp3) is 0.455. The maximum atomic E-state index is 12.2. The second kappa shape index (κ2) is 5.61. The second-order valence-corrected chi connectivity index (χ2v) is 5.33. The number of pyridine rings is 1. The zero-order chi connectivity index (χ0) is 13.3. The summed E-state index contributed by atoms with van der Waals surface area (Å²) >= 11 is 17.6. The predicted molar refractivity (Wildman–Crippen MR) is 70.4 cm³/mol. The maximum absolute atomic E-state index is 12.2. The molecule has 0 radical (unpaired) electrons. The predicted octanol–water partition coefficient (Wildman–Crippen LogP) is 2.50. The SMILES string of the molecule is O=C(c1ncc(Cl)c(Cl)c1Cl)N1CCC(CO)C1. The van der Waals surface area contributed by atoms with E-state index in [1.54, 1.807) is 4.90 Å². The van der Waals surface area contributed by atoms with Gasteiger partial charge in [-0.25, -0.2) is 4.98 Å². The van der Waals surface area contributed by atoms with Crippen LogP contribution in [-0.2, 0) is 0 Å². The Labute approximate surface area is 119 Å². The van der Waals surface area contributed by atoms with Gasteiger partial charge in [0.15, 0.2) is 0 Å². The Bertz CT molecular complexity index is 482. The highest BCUT2D eigenvalue weighted by Crippen LogP contribution is 2.32. The first kappa shape index (κ1) is 13.9. The molecule has 7 heteroatoms. The zero-order valence-electron chi connectivity index (χ0n) is 9.37. The van der Waals surface area contributed by atoms with Gasteiger partial charge in [0, 0.05) is 31.8 Å². The second-order valence-electron chi connectivity index (χ2n) is 4.17. The molecule has 1 fully saturated rings. The van der Waals surface area contributed by atoms with Gasteiger partial charge in [-0.3, -0.25) is 4.79 Å². The van der Waals surface area contributed by atoms with Crippen molar-refractivity contribution in [3.63, 3.8) is 0 Å². The zero-order valence-corrected chi connectivity index (χ0v) is 11.6. The average Bonchev–Trinajstić information content (AvgIpc) is 2.84. The molecule has 0 saturated carbocycles. The largest absolute Gasteiger partial charge is 0.396 e. The van der Waals surface area contributed by atoms with Crippen LogP contribution in [-0.4, -0.2) is 40.6 Å². The van der Waals surface area contributed by atoms with Crippen LogP contribution in [0.5, 0.6) is 0 Å². The van der Waals surface area contributed by atoms with Gasteiger partial charge in [-0.15, -0.1) is 0 Å². The van der Waals surface area contributed by atoms with Crippen LogP contribution in [0.3, 0.4) is 0 Å². The summed E-state index contributed by atoms with van der Waals surface area (Å²) in [6, 6.07) is 0. The number of hydrogen-bond acceptors (Lipinski definition) is 3. The molecule has 4 nitrogen and oxygen atoms in total. The highest BCUT2D eigenvalue weighted by atomic mass is 35.5. The van der Waals surface area contributed by atoms with Crippen molar-refractivity contribution in [1.29, 1.82) is 0 Å². The standard InChI is InChI=1S/C11H11Cl3N2O2/c12-7-3-15-10(9(14)8(7)13)11(18)16-2-1-6(4-16)5-17/h3,6,17H,1-2,4-5H2. The molecule has 1 aliphatic rings. The van der Waals surface area contributed by atoms with E-state index in [4.69, 9.17) is 39.9 Å². The quantitative estimate of drug-likeness (QED) is 0.913. The lowest BCUT2D eigenvalue weighted by atomic mass is 10.1. The van der Waals surface area contributed by atoms with Crippen LogP contribution in [0.25, 0.3) is 0 Å². The lowest BCUT2D eigenvalue weighted by Gasteiger charge is -2.16. The lowest BCUT2D eigenvalue weighted by molar-refractivity contribution is 0.0776. The van der Waals surface area contributed by atoms with Crippen molar-refractivity contribution in [2.45, 2.75) is 6.42 Å². The van der Waals surface area contributed by atoms with E-state index in [9.17, 15) is 4.79 Å². The Morgan fingerprint density at radius 1 is 1.44 bits per heavy atom. The van der Waals surface area contributed by atoms with Gasteiger partial charge < -0.3 is 10.0 Å². The normalized spacial score (nSPS) is 19.3. The summed E-state index contributed by atoms with van der Waals surface area (Å²) in [5.41, 5.74) is 0.102. The summed E-state index contributed by atoms with van der Waals surface area (Å²) in [6.45, 7) is 1.17. The summed E-state index contributed by atoms with van der Waals surface area (Å²) < 4.78 is 0. The number of amides is 1. The molecule has 2 rings (SSSR count). The molecule has 1 saturated heterocycles. The number of likely N-dealkylation sites (tertiary alicyclic amines) is 1. The molecular weight excluding hydrogens is 298 g/mol. The van der Waals surface area contributed by atoms with Gasteiger partial charge in [0.25, 0.3) is 5.91 Å². The third kappa shape index (κ3) is 2.57. The lowest BCUT2D eigenvalue weighted by Crippen LogP contribution is -2.30. The van der Waals surface area contributed by atoms with Crippen LogP contribution in [0, 0.1) is 5.92 Å². The molecule has 1 unspecified atom stereocenters. The molecule has 0 aromatic carbocycles. The molecule has 1 aromatic rings. The van der Waals surface area contributed by atoms with E-state index in [0.29, 0.717) is 13.1 Å². The molecule has 98 valence electrons. The molecule has 1 aromatic heterocycles. The Kier molecular flexibility index (Phi) is 4.33. The highest BCUT2D eigenvalue weighted by Gasteiger charge is 2.29. The molecule has 0 aliphatic carbocycles. The number of aliphatic hydroxyl groups excluding tert-OH is 1. The van der Waals surface area contributed by atoms with E-state index in [1.165, 1.54) is 6.20 Å². The van der Waals surface area contributed by atoms with Crippen molar-refractivity contribution in [2.24, 2.45) is 5.92 Å².